The van der Waals surface area contributed by atoms with Crippen molar-refractivity contribution in [3.63, 3.8) is 0 Å². The van der Waals surface area contributed by atoms with Gasteiger partial charge in [-0.25, -0.2) is 10.8 Å². The van der Waals surface area contributed by atoms with Gasteiger partial charge < -0.3 is 10.2 Å². The molecule has 1 aromatic carbocycles. The van der Waals surface area contributed by atoms with Crippen LogP contribution in [-0.2, 0) is 6.61 Å². The van der Waals surface area contributed by atoms with Crippen molar-refractivity contribution in [2.24, 2.45) is 5.84 Å². The minimum absolute atomic E-state index is 0.0920. The summed E-state index contributed by atoms with van der Waals surface area (Å²) in [7, 11) is 0. The lowest BCUT2D eigenvalue weighted by Crippen LogP contribution is -2.09. The number of anilines is 1. The van der Waals surface area contributed by atoms with Crippen molar-refractivity contribution in [1.82, 2.24) is 4.98 Å². The fourth-order valence-corrected chi connectivity index (χ4v) is 1.91. The predicted octanol–water partition coefficient (Wildman–Crippen LogP) is 2.62. The first-order valence-corrected chi connectivity index (χ1v) is 6.37. The van der Waals surface area contributed by atoms with Crippen LogP contribution in [0.5, 0.6) is 5.75 Å². The summed E-state index contributed by atoms with van der Waals surface area (Å²) in [6.07, 6.45) is 1.57. The Labute approximate surface area is 123 Å². The summed E-state index contributed by atoms with van der Waals surface area (Å²) in [5.74, 6) is 5.96. The topological polar surface area (TPSA) is 103 Å². The Hall–Kier alpha value is -2.19. The predicted molar refractivity (Wildman–Crippen MR) is 77.2 cm³/mol. The zero-order valence-corrected chi connectivity index (χ0v) is 11.8. The van der Waals surface area contributed by atoms with Crippen LogP contribution in [0.25, 0.3) is 0 Å². The molecule has 3 N–H and O–H groups in total. The molecule has 0 bridgehead atoms. The maximum Gasteiger partial charge on any atom is 0.312 e. The number of hydrazine groups is 1. The zero-order valence-electron chi connectivity index (χ0n) is 10.2. The van der Waals surface area contributed by atoms with Crippen LogP contribution in [0.2, 0.25) is 0 Å². The second-order valence-electron chi connectivity index (χ2n) is 3.85. The van der Waals surface area contributed by atoms with E-state index in [2.05, 4.69) is 26.3 Å². The van der Waals surface area contributed by atoms with Gasteiger partial charge in [-0.15, -0.1) is 0 Å². The van der Waals surface area contributed by atoms with Gasteiger partial charge >= 0.3 is 5.69 Å². The van der Waals surface area contributed by atoms with Crippen molar-refractivity contribution in [1.29, 1.82) is 0 Å². The molecule has 0 aliphatic heterocycles. The number of nitrogen functional groups attached to an aromatic ring is 1. The minimum atomic E-state index is -0.487. The molecule has 0 aliphatic rings. The number of ether oxygens (including phenoxy) is 1. The molecule has 0 amide bonds. The van der Waals surface area contributed by atoms with E-state index >= 15 is 0 Å². The van der Waals surface area contributed by atoms with E-state index < -0.39 is 4.92 Å². The van der Waals surface area contributed by atoms with Crippen LogP contribution in [-0.4, -0.2) is 9.91 Å². The molecule has 104 valence electrons. The summed E-state index contributed by atoms with van der Waals surface area (Å²) in [5, 5.41) is 11.0. The molecular weight excluding hydrogens is 328 g/mol. The highest BCUT2D eigenvalue weighted by atomic mass is 79.9. The summed E-state index contributed by atoms with van der Waals surface area (Å²) in [5.41, 5.74) is 3.13. The number of nitrogens with two attached hydrogens (primary N) is 1. The molecule has 0 saturated heterocycles. The number of hydrogen-bond acceptors (Lipinski definition) is 6. The third-order valence-electron chi connectivity index (χ3n) is 2.48. The molecule has 0 atom stereocenters. The first-order valence-electron chi connectivity index (χ1n) is 5.58. The second-order valence-corrected chi connectivity index (χ2v) is 4.77. The molecule has 1 aromatic heterocycles. The minimum Gasteiger partial charge on any atom is -0.482 e. The van der Waals surface area contributed by atoms with Crippen LogP contribution in [0.1, 0.15) is 5.56 Å². The highest BCUT2D eigenvalue weighted by Gasteiger charge is 2.15. The number of nitrogens with zero attached hydrogens (tertiary/aromatic N) is 2. The quantitative estimate of drug-likeness (QED) is 0.493. The summed E-state index contributed by atoms with van der Waals surface area (Å²) in [6.45, 7) is 0.180. The summed E-state index contributed by atoms with van der Waals surface area (Å²) in [4.78, 5) is 14.4. The van der Waals surface area contributed by atoms with E-state index in [0.29, 0.717) is 10.3 Å². The van der Waals surface area contributed by atoms with E-state index in [-0.39, 0.29) is 18.0 Å². The van der Waals surface area contributed by atoms with E-state index in [1.54, 1.807) is 30.5 Å². The standard InChI is InChI=1S/C12H11BrN4O3/c13-9-1-2-11(10(6-9)17(18)19)20-7-8-3-4-15-12(5-8)16-14/h1-6H,7,14H2,(H,15,16). The zero-order chi connectivity index (χ0) is 14.5. The van der Waals surface area contributed by atoms with E-state index in [9.17, 15) is 10.1 Å². The molecule has 2 rings (SSSR count). The van der Waals surface area contributed by atoms with E-state index in [0.717, 1.165) is 5.56 Å². The van der Waals surface area contributed by atoms with Crippen molar-refractivity contribution in [3.05, 3.63) is 56.7 Å². The number of pyridine rings is 1. The van der Waals surface area contributed by atoms with Gasteiger partial charge in [0.2, 0.25) is 0 Å². The molecule has 0 spiro atoms. The van der Waals surface area contributed by atoms with Gasteiger partial charge in [-0.2, -0.15) is 0 Å². The third kappa shape index (κ3) is 3.43. The van der Waals surface area contributed by atoms with Crippen LogP contribution in [0, 0.1) is 10.1 Å². The van der Waals surface area contributed by atoms with Crippen molar-refractivity contribution in [2.45, 2.75) is 6.61 Å². The van der Waals surface area contributed by atoms with Gasteiger partial charge in [-0.1, -0.05) is 15.9 Å². The van der Waals surface area contributed by atoms with Gasteiger partial charge in [0.25, 0.3) is 0 Å². The Bertz CT molecular complexity index is 636. The van der Waals surface area contributed by atoms with Crippen LogP contribution in [0.4, 0.5) is 11.5 Å². The van der Waals surface area contributed by atoms with Crippen LogP contribution in [0.3, 0.4) is 0 Å². The number of nitrogens with one attached hydrogen (secondary N) is 1. The van der Waals surface area contributed by atoms with Gasteiger partial charge in [-0.05, 0) is 29.8 Å². The number of halogens is 1. The molecule has 8 heteroatoms. The molecule has 7 nitrogen and oxygen atoms in total. The SMILES string of the molecule is NNc1cc(COc2ccc(Br)cc2[N+](=O)[O-])ccn1. The van der Waals surface area contributed by atoms with Gasteiger partial charge in [-0.3, -0.25) is 10.1 Å². The Balaban J connectivity index is 2.16. The van der Waals surface area contributed by atoms with E-state index in [1.807, 2.05) is 0 Å². The molecule has 20 heavy (non-hydrogen) atoms. The number of nitro benzene ring substituents is 1. The number of hydrogen-bond donors (Lipinski definition) is 2. The fourth-order valence-electron chi connectivity index (χ4n) is 1.56. The fraction of sp³-hybridized carbons (Fsp3) is 0.0833. The Kier molecular flexibility index (Phi) is 4.49. The van der Waals surface area contributed by atoms with E-state index in [4.69, 9.17) is 10.6 Å². The first kappa shape index (κ1) is 14.2. The van der Waals surface area contributed by atoms with Gasteiger partial charge in [0.15, 0.2) is 5.75 Å². The third-order valence-corrected chi connectivity index (χ3v) is 2.98. The largest absolute Gasteiger partial charge is 0.482 e. The molecule has 0 fully saturated rings. The van der Waals surface area contributed by atoms with Crippen molar-refractivity contribution < 1.29 is 9.66 Å². The summed E-state index contributed by atoms with van der Waals surface area (Å²) in [6, 6.07) is 8.07. The average molecular weight is 339 g/mol. The molecule has 0 unspecified atom stereocenters. The van der Waals surface area contributed by atoms with Gasteiger partial charge in [0.05, 0.1) is 4.92 Å². The lowest BCUT2D eigenvalue weighted by atomic mass is 10.2. The van der Waals surface area contributed by atoms with E-state index in [1.165, 1.54) is 6.07 Å². The van der Waals surface area contributed by atoms with Crippen molar-refractivity contribution >= 4 is 27.4 Å². The van der Waals surface area contributed by atoms with Gasteiger partial charge in [0.1, 0.15) is 12.4 Å². The first-order chi connectivity index (χ1) is 9.60. The monoisotopic (exact) mass is 338 g/mol. The Morgan fingerprint density at radius 2 is 2.20 bits per heavy atom. The molecule has 0 radical (unpaired) electrons. The second kappa shape index (κ2) is 6.31. The Morgan fingerprint density at radius 3 is 2.90 bits per heavy atom. The van der Waals surface area contributed by atoms with Crippen molar-refractivity contribution in [3.8, 4) is 5.75 Å². The Morgan fingerprint density at radius 1 is 1.40 bits per heavy atom. The number of aromatic nitrogens is 1. The number of rotatable bonds is 5. The smallest absolute Gasteiger partial charge is 0.312 e. The van der Waals surface area contributed by atoms with Crippen LogP contribution >= 0.6 is 15.9 Å². The summed E-state index contributed by atoms with van der Waals surface area (Å²) >= 11 is 3.19. The average Bonchev–Trinajstić information content (AvgIpc) is 2.46. The highest BCUT2D eigenvalue weighted by molar-refractivity contribution is 9.10. The molecular formula is C12H11BrN4O3. The maximum atomic E-state index is 11.0. The lowest BCUT2D eigenvalue weighted by molar-refractivity contribution is -0.386. The molecule has 0 aliphatic carbocycles. The number of benzene rings is 1. The summed E-state index contributed by atoms with van der Waals surface area (Å²) < 4.78 is 6.10. The molecule has 1 heterocycles. The lowest BCUT2D eigenvalue weighted by Gasteiger charge is -2.08. The molecule has 0 saturated carbocycles. The maximum absolute atomic E-state index is 11.0. The van der Waals surface area contributed by atoms with Gasteiger partial charge in [0, 0.05) is 16.7 Å². The van der Waals surface area contributed by atoms with Crippen LogP contribution < -0.4 is 16.0 Å². The molecule has 2 aromatic rings. The van der Waals surface area contributed by atoms with Crippen molar-refractivity contribution in [2.75, 3.05) is 5.43 Å². The van der Waals surface area contributed by atoms with Crippen LogP contribution in [0.15, 0.2) is 41.0 Å². The number of nitro groups is 1. The highest BCUT2D eigenvalue weighted by Crippen LogP contribution is 2.30. The normalized spacial score (nSPS) is 10.1.